The summed E-state index contributed by atoms with van der Waals surface area (Å²) in [6, 6.07) is 5.13. The number of ether oxygens (including phenoxy) is 1. The molecule has 1 aromatic carbocycles. The first-order valence-corrected chi connectivity index (χ1v) is 9.52. The van der Waals surface area contributed by atoms with Gasteiger partial charge in [0.25, 0.3) is 0 Å². The maximum Gasteiger partial charge on any atom is 0.193 e. The lowest BCUT2D eigenvalue weighted by Crippen LogP contribution is -2.47. The zero-order chi connectivity index (χ0) is 17.4. The third kappa shape index (κ3) is 5.74. The van der Waals surface area contributed by atoms with Gasteiger partial charge in [0.2, 0.25) is 0 Å². The van der Waals surface area contributed by atoms with Crippen molar-refractivity contribution in [3.05, 3.63) is 34.1 Å². The lowest BCUT2D eigenvalue weighted by molar-refractivity contribution is 0.0264. The van der Waals surface area contributed by atoms with Crippen LogP contribution < -0.4 is 5.32 Å². The lowest BCUT2D eigenvalue weighted by Gasteiger charge is -2.34. The summed E-state index contributed by atoms with van der Waals surface area (Å²) in [5.41, 5.74) is 1.08. The molecule has 24 heavy (non-hydrogen) atoms. The standard InChI is InChI=1S/C18H27BrFN3O/c1-3-21-18(23-11-8-15(9-12-23)24-4-2)22-10-7-14-5-6-17(20)16(19)13-14/h5-6,13,15H,3-4,7-12H2,1-2H3,(H,21,22). The van der Waals surface area contributed by atoms with Gasteiger partial charge in [-0.3, -0.25) is 4.99 Å². The van der Waals surface area contributed by atoms with E-state index in [1.165, 1.54) is 6.07 Å². The van der Waals surface area contributed by atoms with Crippen molar-refractivity contribution in [2.75, 3.05) is 32.8 Å². The first-order chi connectivity index (χ1) is 11.6. The number of benzene rings is 1. The number of rotatable bonds is 6. The fourth-order valence-electron chi connectivity index (χ4n) is 2.88. The van der Waals surface area contributed by atoms with E-state index in [0.29, 0.717) is 17.1 Å². The molecule has 0 spiro atoms. The van der Waals surface area contributed by atoms with Gasteiger partial charge in [0.15, 0.2) is 5.96 Å². The molecule has 0 amide bonds. The van der Waals surface area contributed by atoms with Gasteiger partial charge in [-0.15, -0.1) is 0 Å². The Morgan fingerprint density at radius 2 is 2.12 bits per heavy atom. The van der Waals surface area contributed by atoms with Crippen LogP contribution in [0.4, 0.5) is 4.39 Å². The summed E-state index contributed by atoms with van der Waals surface area (Å²) in [7, 11) is 0. The molecule has 0 atom stereocenters. The van der Waals surface area contributed by atoms with Crippen LogP contribution in [-0.4, -0.2) is 49.7 Å². The first-order valence-electron chi connectivity index (χ1n) is 8.72. The Labute approximate surface area is 152 Å². The Morgan fingerprint density at radius 1 is 1.38 bits per heavy atom. The second-order valence-corrected chi connectivity index (χ2v) is 6.73. The van der Waals surface area contributed by atoms with E-state index in [0.717, 1.165) is 57.0 Å². The average molecular weight is 400 g/mol. The van der Waals surface area contributed by atoms with E-state index in [4.69, 9.17) is 9.73 Å². The van der Waals surface area contributed by atoms with Crippen molar-refractivity contribution in [3.63, 3.8) is 0 Å². The molecule has 1 heterocycles. The number of likely N-dealkylation sites (tertiary alicyclic amines) is 1. The highest BCUT2D eigenvalue weighted by molar-refractivity contribution is 9.10. The van der Waals surface area contributed by atoms with Crippen LogP contribution in [0.1, 0.15) is 32.3 Å². The third-order valence-electron chi connectivity index (χ3n) is 4.12. The molecule has 4 nitrogen and oxygen atoms in total. The summed E-state index contributed by atoms with van der Waals surface area (Å²) >= 11 is 3.23. The normalized spacial score (nSPS) is 16.5. The van der Waals surface area contributed by atoms with Crippen molar-refractivity contribution >= 4 is 21.9 Å². The number of halogens is 2. The van der Waals surface area contributed by atoms with Crippen molar-refractivity contribution < 1.29 is 9.13 Å². The van der Waals surface area contributed by atoms with Gasteiger partial charge in [0.1, 0.15) is 5.82 Å². The quantitative estimate of drug-likeness (QED) is 0.586. The van der Waals surface area contributed by atoms with Crippen LogP contribution in [0.25, 0.3) is 0 Å². The van der Waals surface area contributed by atoms with Crippen molar-refractivity contribution in [3.8, 4) is 0 Å². The van der Waals surface area contributed by atoms with Crippen LogP contribution in [0.3, 0.4) is 0 Å². The molecule has 1 aliphatic rings. The van der Waals surface area contributed by atoms with Crippen LogP contribution in [0.2, 0.25) is 0 Å². The van der Waals surface area contributed by atoms with E-state index in [-0.39, 0.29) is 5.82 Å². The molecule has 1 saturated heterocycles. The second kappa shape index (κ2) is 9.99. The topological polar surface area (TPSA) is 36.9 Å². The first kappa shape index (κ1) is 19.2. The number of hydrogen-bond donors (Lipinski definition) is 1. The second-order valence-electron chi connectivity index (χ2n) is 5.88. The fraction of sp³-hybridized carbons (Fsp3) is 0.611. The molecule has 1 fully saturated rings. The summed E-state index contributed by atoms with van der Waals surface area (Å²) in [6.07, 6.45) is 3.26. The Balaban J connectivity index is 1.89. The third-order valence-corrected chi connectivity index (χ3v) is 4.73. The Bertz CT molecular complexity index is 545. The molecule has 1 aromatic rings. The van der Waals surface area contributed by atoms with Crippen LogP contribution in [0.5, 0.6) is 0 Å². The minimum atomic E-state index is -0.229. The summed E-state index contributed by atoms with van der Waals surface area (Å²) < 4.78 is 19.5. The molecule has 0 aromatic heterocycles. The zero-order valence-corrected chi connectivity index (χ0v) is 16.1. The minimum absolute atomic E-state index is 0.229. The molecule has 1 N–H and O–H groups in total. The summed E-state index contributed by atoms with van der Waals surface area (Å²) in [5.74, 6) is 0.737. The average Bonchev–Trinajstić information content (AvgIpc) is 2.58. The van der Waals surface area contributed by atoms with E-state index in [1.807, 2.05) is 19.1 Å². The number of aliphatic imine (C=N–C) groups is 1. The van der Waals surface area contributed by atoms with Crippen LogP contribution in [-0.2, 0) is 11.2 Å². The molecule has 6 heteroatoms. The Kier molecular flexibility index (Phi) is 7.99. The molecular formula is C18H27BrFN3O. The van der Waals surface area contributed by atoms with Gasteiger partial charge in [-0.05, 0) is 66.7 Å². The molecule has 0 saturated carbocycles. The van der Waals surface area contributed by atoms with Crippen molar-refractivity contribution in [2.24, 2.45) is 4.99 Å². The Hall–Kier alpha value is -1.14. The summed E-state index contributed by atoms with van der Waals surface area (Å²) in [5, 5.41) is 3.37. The van der Waals surface area contributed by atoms with E-state index in [2.05, 4.69) is 33.1 Å². The van der Waals surface area contributed by atoms with E-state index in [9.17, 15) is 4.39 Å². The maximum absolute atomic E-state index is 13.3. The van der Waals surface area contributed by atoms with Crippen LogP contribution in [0, 0.1) is 5.82 Å². The smallest absolute Gasteiger partial charge is 0.193 e. The van der Waals surface area contributed by atoms with Crippen molar-refractivity contribution in [1.82, 2.24) is 10.2 Å². The number of hydrogen-bond acceptors (Lipinski definition) is 2. The highest BCUT2D eigenvalue weighted by Crippen LogP contribution is 2.17. The van der Waals surface area contributed by atoms with Gasteiger partial charge in [0, 0.05) is 32.8 Å². The SMILES string of the molecule is CCNC(=NCCc1ccc(F)c(Br)c1)N1CCC(OCC)CC1. The largest absolute Gasteiger partial charge is 0.378 e. The molecule has 0 radical (unpaired) electrons. The molecule has 0 unspecified atom stereocenters. The molecule has 2 rings (SSSR count). The highest BCUT2D eigenvalue weighted by Gasteiger charge is 2.21. The van der Waals surface area contributed by atoms with Crippen LogP contribution >= 0.6 is 15.9 Å². The van der Waals surface area contributed by atoms with E-state index >= 15 is 0 Å². The molecule has 1 aliphatic heterocycles. The van der Waals surface area contributed by atoms with E-state index < -0.39 is 0 Å². The number of piperidine rings is 1. The fourth-order valence-corrected chi connectivity index (χ4v) is 3.31. The van der Waals surface area contributed by atoms with Crippen LogP contribution in [0.15, 0.2) is 27.7 Å². The van der Waals surface area contributed by atoms with Gasteiger partial charge in [0.05, 0.1) is 10.6 Å². The van der Waals surface area contributed by atoms with Gasteiger partial charge < -0.3 is 15.0 Å². The summed E-state index contributed by atoms with van der Waals surface area (Å²) in [6.45, 7) is 8.40. The highest BCUT2D eigenvalue weighted by atomic mass is 79.9. The van der Waals surface area contributed by atoms with Gasteiger partial charge >= 0.3 is 0 Å². The lowest BCUT2D eigenvalue weighted by atomic mass is 10.1. The summed E-state index contributed by atoms with van der Waals surface area (Å²) in [4.78, 5) is 7.04. The molecule has 134 valence electrons. The Morgan fingerprint density at radius 3 is 2.75 bits per heavy atom. The minimum Gasteiger partial charge on any atom is -0.378 e. The van der Waals surface area contributed by atoms with Gasteiger partial charge in [-0.25, -0.2) is 4.39 Å². The van der Waals surface area contributed by atoms with Gasteiger partial charge in [-0.2, -0.15) is 0 Å². The van der Waals surface area contributed by atoms with Gasteiger partial charge in [-0.1, -0.05) is 6.07 Å². The number of nitrogens with zero attached hydrogens (tertiary/aromatic N) is 2. The predicted molar refractivity (Wildman–Crippen MR) is 100 cm³/mol. The van der Waals surface area contributed by atoms with E-state index in [1.54, 1.807) is 0 Å². The van der Waals surface area contributed by atoms with Crippen molar-refractivity contribution in [2.45, 2.75) is 39.2 Å². The van der Waals surface area contributed by atoms with Crippen molar-refractivity contribution in [1.29, 1.82) is 0 Å². The monoisotopic (exact) mass is 399 g/mol. The maximum atomic E-state index is 13.3. The molecule has 0 bridgehead atoms. The zero-order valence-electron chi connectivity index (χ0n) is 14.5. The molecular weight excluding hydrogens is 373 g/mol. The number of guanidine groups is 1. The predicted octanol–water partition coefficient (Wildman–Crippen LogP) is 3.60. The number of nitrogens with one attached hydrogen (secondary N) is 1. The molecule has 0 aliphatic carbocycles.